The van der Waals surface area contributed by atoms with E-state index in [0.29, 0.717) is 42.9 Å². The standard InChI is InChI=1S/C23H24N2O4/c26-20-13-8-16-25(20)19-12-5-4-11-18(19)23(28)29-21(17-9-2-1-3-10-17)22(27)24-14-6-7-15-24/h1-5,9-12,21H,6-8,13-16H2/t21-/m0/s1. The molecule has 0 unspecified atom stereocenters. The number of likely N-dealkylation sites (tertiary alicyclic amines) is 1. The van der Waals surface area contributed by atoms with Gasteiger partial charge in [0.15, 0.2) is 0 Å². The lowest BCUT2D eigenvalue weighted by atomic mass is 10.1. The van der Waals surface area contributed by atoms with E-state index in [0.717, 1.165) is 19.3 Å². The summed E-state index contributed by atoms with van der Waals surface area (Å²) in [6.07, 6.45) is 2.16. The highest BCUT2D eigenvalue weighted by atomic mass is 16.5. The van der Waals surface area contributed by atoms with Crippen LogP contribution in [0.15, 0.2) is 54.6 Å². The Labute approximate surface area is 170 Å². The van der Waals surface area contributed by atoms with Crippen molar-refractivity contribution in [3.8, 4) is 0 Å². The van der Waals surface area contributed by atoms with Crippen LogP contribution in [-0.4, -0.2) is 42.3 Å². The van der Waals surface area contributed by atoms with Crippen molar-refractivity contribution in [1.82, 2.24) is 4.90 Å². The Morgan fingerprint density at radius 1 is 0.862 bits per heavy atom. The van der Waals surface area contributed by atoms with Crippen LogP contribution in [0.4, 0.5) is 5.69 Å². The average molecular weight is 392 g/mol. The third kappa shape index (κ3) is 4.01. The summed E-state index contributed by atoms with van der Waals surface area (Å²) in [6.45, 7) is 1.94. The van der Waals surface area contributed by atoms with Gasteiger partial charge in [-0.2, -0.15) is 0 Å². The van der Waals surface area contributed by atoms with Gasteiger partial charge in [-0.3, -0.25) is 9.59 Å². The van der Waals surface area contributed by atoms with Crippen LogP contribution < -0.4 is 4.90 Å². The van der Waals surface area contributed by atoms with Gasteiger partial charge in [-0.05, 0) is 31.4 Å². The molecular formula is C23H24N2O4. The summed E-state index contributed by atoms with van der Waals surface area (Å²) < 4.78 is 5.76. The molecule has 0 spiro atoms. The molecule has 2 aromatic carbocycles. The number of rotatable bonds is 5. The van der Waals surface area contributed by atoms with Crippen molar-refractivity contribution in [1.29, 1.82) is 0 Å². The van der Waals surface area contributed by atoms with Gasteiger partial charge in [0, 0.05) is 31.6 Å². The molecule has 1 atom stereocenters. The van der Waals surface area contributed by atoms with Gasteiger partial charge in [-0.15, -0.1) is 0 Å². The summed E-state index contributed by atoms with van der Waals surface area (Å²) in [5, 5.41) is 0. The lowest BCUT2D eigenvalue weighted by molar-refractivity contribution is -0.140. The van der Waals surface area contributed by atoms with Crippen LogP contribution >= 0.6 is 0 Å². The van der Waals surface area contributed by atoms with Crippen LogP contribution in [0.5, 0.6) is 0 Å². The monoisotopic (exact) mass is 392 g/mol. The summed E-state index contributed by atoms with van der Waals surface area (Å²) in [7, 11) is 0. The Morgan fingerprint density at radius 2 is 1.55 bits per heavy atom. The average Bonchev–Trinajstić information content (AvgIpc) is 3.44. The molecule has 0 saturated carbocycles. The maximum Gasteiger partial charge on any atom is 0.341 e. The van der Waals surface area contributed by atoms with Crippen molar-refractivity contribution in [3.05, 3.63) is 65.7 Å². The van der Waals surface area contributed by atoms with Gasteiger partial charge in [0.05, 0.1) is 11.3 Å². The molecule has 2 aliphatic rings. The molecule has 2 aliphatic heterocycles. The third-order valence-corrected chi connectivity index (χ3v) is 5.46. The van der Waals surface area contributed by atoms with Crippen LogP contribution in [0, 0.1) is 0 Å². The maximum absolute atomic E-state index is 13.1. The number of ether oxygens (including phenoxy) is 1. The topological polar surface area (TPSA) is 66.9 Å². The number of carbonyl (C=O) groups is 3. The maximum atomic E-state index is 13.1. The van der Waals surface area contributed by atoms with Gasteiger partial charge in [0.1, 0.15) is 0 Å². The number of amides is 2. The zero-order chi connectivity index (χ0) is 20.2. The van der Waals surface area contributed by atoms with E-state index >= 15 is 0 Å². The van der Waals surface area contributed by atoms with Crippen molar-refractivity contribution in [2.75, 3.05) is 24.5 Å². The normalized spacial score (nSPS) is 17.4. The van der Waals surface area contributed by atoms with E-state index < -0.39 is 12.1 Å². The smallest absolute Gasteiger partial charge is 0.341 e. The third-order valence-electron chi connectivity index (χ3n) is 5.46. The van der Waals surface area contributed by atoms with Crippen LogP contribution in [0.25, 0.3) is 0 Å². The van der Waals surface area contributed by atoms with Gasteiger partial charge < -0.3 is 14.5 Å². The zero-order valence-electron chi connectivity index (χ0n) is 16.3. The van der Waals surface area contributed by atoms with Crippen molar-refractivity contribution in [2.24, 2.45) is 0 Å². The fourth-order valence-electron chi connectivity index (χ4n) is 3.95. The predicted octanol–water partition coefficient (Wildman–Crippen LogP) is 3.33. The molecule has 2 fully saturated rings. The highest BCUT2D eigenvalue weighted by Crippen LogP contribution is 2.29. The Balaban J connectivity index is 1.62. The van der Waals surface area contributed by atoms with E-state index in [2.05, 4.69) is 0 Å². The number of para-hydroxylation sites is 1. The van der Waals surface area contributed by atoms with Gasteiger partial charge in [0.25, 0.3) is 5.91 Å². The molecule has 150 valence electrons. The van der Waals surface area contributed by atoms with E-state index in [1.165, 1.54) is 0 Å². The number of hydrogen-bond acceptors (Lipinski definition) is 4. The van der Waals surface area contributed by atoms with Crippen molar-refractivity contribution in [3.63, 3.8) is 0 Å². The van der Waals surface area contributed by atoms with Crippen LogP contribution in [-0.2, 0) is 14.3 Å². The molecule has 0 radical (unpaired) electrons. The second-order valence-corrected chi connectivity index (χ2v) is 7.39. The molecule has 2 heterocycles. The van der Waals surface area contributed by atoms with Gasteiger partial charge in [0.2, 0.25) is 12.0 Å². The minimum Gasteiger partial charge on any atom is -0.444 e. The summed E-state index contributed by atoms with van der Waals surface area (Å²) in [5.74, 6) is -0.795. The van der Waals surface area contributed by atoms with E-state index in [-0.39, 0.29) is 11.8 Å². The second kappa shape index (κ2) is 8.47. The first-order chi connectivity index (χ1) is 14.1. The van der Waals surface area contributed by atoms with E-state index in [1.807, 2.05) is 18.2 Å². The fourth-order valence-corrected chi connectivity index (χ4v) is 3.95. The van der Waals surface area contributed by atoms with Gasteiger partial charge in [-0.1, -0.05) is 42.5 Å². The van der Waals surface area contributed by atoms with E-state index in [4.69, 9.17) is 4.74 Å². The Hall–Kier alpha value is -3.15. The molecule has 2 amide bonds. The number of anilines is 1. The summed E-state index contributed by atoms with van der Waals surface area (Å²) in [5.41, 5.74) is 1.49. The van der Waals surface area contributed by atoms with Gasteiger partial charge >= 0.3 is 5.97 Å². The van der Waals surface area contributed by atoms with Crippen molar-refractivity contribution < 1.29 is 19.1 Å². The van der Waals surface area contributed by atoms with Crippen LogP contribution in [0.3, 0.4) is 0 Å². The first-order valence-electron chi connectivity index (χ1n) is 10.1. The summed E-state index contributed by atoms with van der Waals surface area (Å²) in [6, 6.07) is 16.0. The fraction of sp³-hybridized carbons (Fsp3) is 0.348. The molecule has 0 aromatic heterocycles. The van der Waals surface area contributed by atoms with Gasteiger partial charge in [-0.25, -0.2) is 4.79 Å². The first-order valence-corrected chi connectivity index (χ1v) is 10.1. The largest absolute Gasteiger partial charge is 0.444 e. The molecule has 2 saturated heterocycles. The van der Waals surface area contributed by atoms with Crippen molar-refractivity contribution in [2.45, 2.75) is 31.8 Å². The number of benzene rings is 2. The lowest BCUT2D eigenvalue weighted by Crippen LogP contribution is -2.35. The zero-order valence-corrected chi connectivity index (χ0v) is 16.3. The number of hydrogen-bond donors (Lipinski definition) is 0. The molecule has 4 rings (SSSR count). The number of nitrogens with zero attached hydrogens (tertiary/aromatic N) is 2. The first kappa shape index (κ1) is 19.2. The summed E-state index contributed by atoms with van der Waals surface area (Å²) in [4.78, 5) is 41.8. The molecule has 6 nitrogen and oxygen atoms in total. The lowest BCUT2D eigenvalue weighted by Gasteiger charge is -2.25. The highest BCUT2D eigenvalue weighted by molar-refractivity contribution is 6.04. The minimum absolute atomic E-state index is 0.00185. The van der Waals surface area contributed by atoms with Crippen LogP contribution in [0.1, 0.15) is 47.7 Å². The molecule has 6 heteroatoms. The SMILES string of the molecule is O=C(O[C@H](C(=O)N1CCCC1)c1ccccc1)c1ccccc1N1CCCC1=O. The Bertz CT molecular complexity index is 906. The molecule has 29 heavy (non-hydrogen) atoms. The summed E-state index contributed by atoms with van der Waals surface area (Å²) >= 11 is 0. The Kier molecular flexibility index (Phi) is 5.60. The predicted molar refractivity (Wildman–Crippen MR) is 108 cm³/mol. The number of carbonyl (C=O) groups excluding carboxylic acids is 3. The Morgan fingerprint density at radius 3 is 2.24 bits per heavy atom. The highest BCUT2D eigenvalue weighted by Gasteiger charge is 2.33. The quantitative estimate of drug-likeness (QED) is 0.732. The molecule has 2 aromatic rings. The molecular weight excluding hydrogens is 368 g/mol. The van der Waals surface area contributed by atoms with Crippen LogP contribution in [0.2, 0.25) is 0 Å². The minimum atomic E-state index is -0.996. The molecule has 0 N–H and O–H groups in total. The molecule has 0 aliphatic carbocycles. The van der Waals surface area contributed by atoms with E-state index in [9.17, 15) is 14.4 Å². The molecule has 0 bridgehead atoms. The van der Waals surface area contributed by atoms with E-state index in [1.54, 1.807) is 46.2 Å². The van der Waals surface area contributed by atoms with Crippen molar-refractivity contribution >= 4 is 23.5 Å². The second-order valence-electron chi connectivity index (χ2n) is 7.39. The number of esters is 1.